The van der Waals surface area contributed by atoms with Crippen LogP contribution in [0.2, 0.25) is 0 Å². The smallest absolute Gasteiger partial charge is 0.317 e. The second-order valence-corrected chi connectivity index (χ2v) is 5.92. The van der Waals surface area contributed by atoms with E-state index < -0.39 is 40.8 Å². The lowest BCUT2D eigenvalue weighted by Crippen LogP contribution is -2.55. The van der Waals surface area contributed by atoms with E-state index in [2.05, 4.69) is 0 Å². The van der Waals surface area contributed by atoms with Gasteiger partial charge < -0.3 is 4.74 Å². The summed E-state index contributed by atoms with van der Waals surface area (Å²) in [6, 6.07) is 15.0. The van der Waals surface area contributed by atoms with E-state index in [1.165, 1.54) is 0 Å². The number of hydrogen-bond donors (Lipinski definition) is 0. The summed E-state index contributed by atoms with van der Waals surface area (Å²) < 4.78 is 4.98. The van der Waals surface area contributed by atoms with Gasteiger partial charge in [0, 0.05) is 12.3 Å². The molecule has 0 heterocycles. The third kappa shape index (κ3) is 2.48. The van der Waals surface area contributed by atoms with Crippen molar-refractivity contribution in [3.8, 4) is 24.3 Å². The van der Waals surface area contributed by atoms with Crippen LogP contribution < -0.4 is 0 Å². The third-order valence-corrected chi connectivity index (χ3v) is 4.69. The Labute approximate surface area is 150 Å². The molecule has 1 aliphatic carbocycles. The van der Waals surface area contributed by atoms with Gasteiger partial charge in [-0.3, -0.25) is 9.59 Å². The summed E-state index contributed by atoms with van der Waals surface area (Å²) in [4.78, 5) is 25.2. The molecule has 1 aromatic rings. The second-order valence-electron chi connectivity index (χ2n) is 5.92. The highest BCUT2D eigenvalue weighted by atomic mass is 16.5. The summed E-state index contributed by atoms with van der Waals surface area (Å²) in [5.74, 6) is -4.29. The molecule has 0 radical (unpaired) electrons. The Morgan fingerprint density at radius 3 is 2.15 bits per heavy atom. The molecule has 2 rings (SSSR count). The maximum absolute atomic E-state index is 12.7. The van der Waals surface area contributed by atoms with Gasteiger partial charge in [0.2, 0.25) is 0 Å². The number of esters is 1. The number of carbonyl (C=O) groups excluding carboxylic acids is 2. The van der Waals surface area contributed by atoms with Crippen LogP contribution in [-0.4, -0.2) is 18.4 Å². The highest BCUT2D eigenvalue weighted by Crippen LogP contribution is 2.58. The van der Waals surface area contributed by atoms with Crippen molar-refractivity contribution in [3.63, 3.8) is 0 Å². The zero-order chi connectivity index (χ0) is 19.4. The molecular formula is C19H14N4O3. The summed E-state index contributed by atoms with van der Waals surface area (Å²) in [5, 5.41) is 38.9. The number of nitriles is 4. The van der Waals surface area contributed by atoms with Gasteiger partial charge in [0.25, 0.3) is 0 Å². The maximum atomic E-state index is 12.7. The lowest BCUT2D eigenvalue weighted by atomic mass is 9.49. The zero-order valence-corrected chi connectivity index (χ0v) is 14.0. The Hall–Kier alpha value is -3.68. The Kier molecular flexibility index (Phi) is 5.06. The fourth-order valence-corrected chi connectivity index (χ4v) is 3.45. The van der Waals surface area contributed by atoms with E-state index in [1.54, 1.807) is 61.5 Å². The van der Waals surface area contributed by atoms with Crippen LogP contribution in [0.1, 0.15) is 24.8 Å². The van der Waals surface area contributed by atoms with Gasteiger partial charge in [-0.05, 0) is 12.5 Å². The summed E-state index contributed by atoms with van der Waals surface area (Å²) in [6.45, 7) is 1.58. The average molecular weight is 346 g/mol. The quantitative estimate of drug-likeness (QED) is 0.602. The highest BCUT2D eigenvalue weighted by Gasteiger charge is 2.68. The molecule has 1 saturated carbocycles. The number of ether oxygens (including phenoxy) is 1. The largest absolute Gasteiger partial charge is 0.465 e. The summed E-state index contributed by atoms with van der Waals surface area (Å²) >= 11 is 0. The fourth-order valence-electron chi connectivity index (χ4n) is 3.45. The predicted molar refractivity (Wildman–Crippen MR) is 86.2 cm³/mol. The molecule has 0 saturated heterocycles. The number of benzene rings is 1. The maximum Gasteiger partial charge on any atom is 0.317 e. The van der Waals surface area contributed by atoms with E-state index in [1.807, 2.05) is 0 Å². The van der Waals surface area contributed by atoms with Gasteiger partial charge in [0.05, 0.1) is 30.9 Å². The highest BCUT2D eigenvalue weighted by molar-refractivity contribution is 6.02. The first-order valence-corrected chi connectivity index (χ1v) is 7.86. The van der Waals surface area contributed by atoms with E-state index in [4.69, 9.17) is 4.74 Å². The van der Waals surface area contributed by atoms with Crippen LogP contribution in [0.3, 0.4) is 0 Å². The van der Waals surface area contributed by atoms with Crippen molar-refractivity contribution in [2.24, 2.45) is 16.7 Å². The van der Waals surface area contributed by atoms with Gasteiger partial charge >= 0.3 is 5.97 Å². The SMILES string of the molecule is CCOC(=O)[C@@H]1C(=O)CC(C#N)(C#N)C(C#N)(C#N)[C@@H]1c1ccccc1. The van der Waals surface area contributed by atoms with Crippen molar-refractivity contribution < 1.29 is 14.3 Å². The first kappa shape index (κ1) is 18.7. The topological polar surface area (TPSA) is 139 Å². The molecule has 7 heteroatoms. The lowest BCUT2D eigenvalue weighted by Gasteiger charge is -2.44. The van der Waals surface area contributed by atoms with Crippen molar-refractivity contribution in [2.45, 2.75) is 19.3 Å². The van der Waals surface area contributed by atoms with Crippen LogP contribution in [0.4, 0.5) is 0 Å². The molecule has 26 heavy (non-hydrogen) atoms. The molecule has 1 aliphatic rings. The minimum atomic E-state index is -2.21. The molecule has 0 aromatic heterocycles. The first-order chi connectivity index (χ1) is 12.5. The minimum absolute atomic E-state index is 0.0118. The molecule has 0 aliphatic heterocycles. The van der Waals surface area contributed by atoms with Crippen LogP contribution >= 0.6 is 0 Å². The van der Waals surface area contributed by atoms with E-state index in [9.17, 15) is 30.6 Å². The minimum Gasteiger partial charge on any atom is -0.465 e. The molecule has 2 atom stereocenters. The van der Waals surface area contributed by atoms with E-state index in [0.29, 0.717) is 5.56 Å². The predicted octanol–water partition coefficient (Wildman–Crippen LogP) is 1.99. The molecule has 7 nitrogen and oxygen atoms in total. The molecule has 0 bridgehead atoms. The second kappa shape index (κ2) is 7.06. The summed E-state index contributed by atoms with van der Waals surface area (Å²) in [7, 11) is 0. The van der Waals surface area contributed by atoms with Gasteiger partial charge in [0.1, 0.15) is 5.92 Å². The van der Waals surface area contributed by atoms with Crippen molar-refractivity contribution in [3.05, 3.63) is 35.9 Å². The summed E-state index contributed by atoms with van der Waals surface area (Å²) in [5.41, 5.74) is -4.04. The van der Waals surface area contributed by atoms with Crippen LogP contribution in [-0.2, 0) is 14.3 Å². The van der Waals surface area contributed by atoms with Crippen LogP contribution in [0.25, 0.3) is 0 Å². The number of Topliss-reactive ketones (excluding diaryl/α,β-unsaturated/α-hetero) is 1. The van der Waals surface area contributed by atoms with Crippen molar-refractivity contribution >= 4 is 11.8 Å². The van der Waals surface area contributed by atoms with Crippen LogP contribution in [0, 0.1) is 62.1 Å². The average Bonchev–Trinajstić information content (AvgIpc) is 2.67. The van der Waals surface area contributed by atoms with Gasteiger partial charge in [-0.15, -0.1) is 0 Å². The molecule has 0 spiro atoms. The molecule has 1 fully saturated rings. The Bertz CT molecular complexity index is 868. The molecule has 128 valence electrons. The molecule has 0 unspecified atom stereocenters. The van der Waals surface area contributed by atoms with Crippen LogP contribution in [0.15, 0.2) is 30.3 Å². The number of carbonyl (C=O) groups is 2. The molecule has 0 N–H and O–H groups in total. The van der Waals surface area contributed by atoms with Gasteiger partial charge in [-0.1, -0.05) is 30.3 Å². The van der Waals surface area contributed by atoms with Gasteiger partial charge in [-0.25, -0.2) is 0 Å². The Morgan fingerprint density at radius 2 is 1.69 bits per heavy atom. The van der Waals surface area contributed by atoms with Crippen molar-refractivity contribution in [2.75, 3.05) is 6.61 Å². The van der Waals surface area contributed by atoms with Gasteiger partial charge in [-0.2, -0.15) is 21.0 Å². The zero-order valence-electron chi connectivity index (χ0n) is 14.0. The first-order valence-electron chi connectivity index (χ1n) is 7.86. The number of rotatable bonds is 3. The van der Waals surface area contributed by atoms with E-state index >= 15 is 0 Å². The van der Waals surface area contributed by atoms with Gasteiger partial charge in [0.15, 0.2) is 16.6 Å². The molecule has 1 aromatic carbocycles. The Morgan fingerprint density at radius 1 is 1.12 bits per heavy atom. The number of nitrogens with zero attached hydrogens (tertiary/aromatic N) is 4. The monoisotopic (exact) mass is 346 g/mol. The Balaban J connectivity index is 2.84. The number of hydrogen-bond acceptors (Lipinski definition) is 7. The summed E-state index contributed by atoms with van der Waals surface area (Å²) in [6.07, 6.45) is -0.687. The van der Waals surface area contributed by atoms with E-state index in [-0.39, 0.29) is 6.61 Å². The fraction of sp³-hybridized carbons (Fsp3) is 0.368. The number of ketones is 1. The molecular weight excluding hydrogens is 332 g/mol. The van der Waals surface area contributed by atoms with Crippen molar-refractivity contribution in [1.82, 2.24) is 0 Å². The molecule has 0 amide bonds. The van der Waals surface area contributed by atoms with Crippen molar-refractivity contribution in [1.29, 1.82) is 21.0 Å². The van der Waals surface area contributed by atoms with Crippen LogP contribution in [0.5, 0.6) is 0 Å². The lowest BCUT2D eigenvalue weighted by molar-refractivity contribution is -0.156. The standard InChI is InChI=1S/C19H14N4O3/c1-2-26-17(25)15-14(24)8-18(9-20,10-21)19(11-22,12-23)16(15)13-6-4-3-5-7-13/h3-7,15-16H,2,8H2,1H3/t15-,16-/m1/s1. The normalized spacial score (nSPS) is 22.7. The van der Waals surface area contributed by atoms with E-state index in [0.717, 1.165) is 0 Å². The third-order valence-electron chi connectivity index (χ3n) is 4.69.